The van der Waals surface area contributed by atoms with E-state index < -0.39 is 0 Å². The van der Waals surface area contributed by atoms with Crippen molar-refractivity contribution < 1.29 is 4.42 Å². The number of hydrogen-bond donors (Lipinski definition) is 0. The molecular formula is C44H24N4O. The van der Waals surface area contributed by atoms with Gasteiger partial charge in [-0.25, -0.2) is 9.69 Å². The molecule has 0 aliphatic rings. The van der Waals surface area contributed by atoms with Crippen LogP contribution in [0.2, 0.25) is 0 Å². The van der Waals surface area contributed by atoms with E-state index >= 15 is 0 Å². The summed E-state index contributed by atoms with van der Waals surface area (Å²) >= 11 is 0. The zero-order chi connectivity index (χ0) is 32.6. The summed E-state index contributed by atoms with van der Waals surface area (Å²) in [7, 11) is 0. The van der Waals surface area contributed by atoms with Crippen molar-refractivity contribution in [1.29, 1.82) is 0 Å². The lowest BCUT2D eigenvalue weighted by Crippen LogP contribution is -1.96. The summed E-state index contributed by atoms with van der Waals surface area (Å²) in [5, 5.41) is 6.26. The number of para-hydroxylation sites is 4. The monoisotopic (exact) mass is 624 g/mol. The molecule has 0 atom stereocenters. The molecule has 0 spiro atoms. The number of hydrogen-bond acceptors (Lipinski definition) is 1. The van der Waals surface area contributed by atoms with Crippen molar-refractivity contribution in [2.24, 2.45) is 0 Å². The highest BCUT2D eigenvalue weighted by atomic mass is 16.3. The molecule has 0 aliphatic heterocycles. The molecule has 5 heteroatoms. The SMILES string of the molecule is [C-]#[N+]c1cccc2c1oc1c([N+]#[C-])cc3c(c4ccccc4n3-c3cccc(-c4cccc(-n5c6ccccc6c6ccccc65)c4)c3)c12. The van der Waals surface area contributed by atoms with E-state index in [4.69, 9.17) is 17.6 Å². The first-order valence-corrected chi connectivity index (χ1v) is 16.1. The lowest BCUT2D eigenvalue weighted by Gasteiger charge is -2.13. The molecule has 0 bridgehead atoms. The molecule has 0 saturated heterocycles. The van der Waals surface area contributed by atoms with Crippen LogP contribution >= 0.6 is 0 Å². The van der Waals surface area contributed by atoms with Gasteiger partial charge in [-0.05, 0) is 59.7 Å². The lowest BCUT2D eigenvalue weighted by atomic mass is 10.0. The highest BCUT2D eigenvalue weighted by Crippen LogP contribution is 2.47. The molecule has 0 N–H and O–H groups in total. The maximum absolute atomic E-state index is 8.10. The zero-order valence-electron chi connectivity index (χ0n) is 26.1. The Kier molecular flexibility index (Phi) is 5.64. The Labute approximate surface area is 280 Å². The highest BCUT2D eigenvalue weighted by Gasteiger charge is 2.23. The molecular weight excluding hydrogens is 601 g/mol. The Morgan fingerprint density at radius 2 is 0.918 bits per heavy atom. The maximum atomic E-state index is 8.10. The lowest BCUT2D eigenvalue weighted by molar-refractivity contribution is 0.673. The van der Waals surface area contributed by atoms with Gasteiger partial charge in [0.15, 0.2) is 0 Å². The van der Waals surface area contributed by atoms with Gasteiger partial charge in [0.05, 0.1) is 29.7 Å². The van der Waals surface area contributed by atoms with E-state index in [1.807, 2.05) is 30.3 Å². The molecule has 0 amide bonds. The summed E-state index contributed by atoms with van der Waals surface area (Å²) in [6.45, 7) is 15.8. The summed E-state index contributed by atoms with van der Waals surface area (Å²) in [4.78, 5) is 7.62. The second kappa shape index (κ2) is 10.2. The van der Waals surface area contributed by atoms with Crippen molar-refractivity contribution >= 4 is 76.9 Å². The molecule has 0 saturated carbocycles. The average molecular weight is 625 g/mol. The van der Waals surface area contributed by atoms with Gasteiger partial charge in [-0.3, -0.25) is 0 Å². The van der Waals surface area contributed by atoms with Gasteiger partial charge in [-0.15, -0.1) is 0 Å². The van der Waals surface area contributed by atoms with Gasteiger partial charge >= 0.3 is 0 Å². The molecule has 3 aromatic heterocycles. The van der Waals surface area contributed by atoms with Crippen LogP contribution in [0.25, 0.3) is 97.7 Å². The molecule has 5 nitrogen and oxygen atoms in total. The van der Waals surface area contributed by atoms with Crippen LogP contribution in [-0.4, -0.2) is 9.13 Å². The van der Waals surface area contributed by atoms with Gasteiger partial charge in [0.2, 0.25) is 11.4 Å². The first kappa shape index (κ1) is 27.1. The fourth-order valence-electron chi connectivity index (χ4n) is 7.69. The minimum atomic E-state index is 0.425. The maximum Gasteiger partial charge on any atom is 0.231 e. The summed E-state index contributed by atoms with van der Waals surface area (Å²) in [6, 6.07) is 50.4. The third-order valence-corrected chi connectivity index (χ3v) is 9.73. The van der Waals surface area contributed by atoms with E-state index in [9.17, 15) is 0 Å². The average Bonchev–Trinajstić information content (AvgIpc) is 3.82. The molecule has 49 heavy (non-hydrogen) atoms. The third-order valence-electron chi connectivity index (χ3n) is 9.73. The minimum Gasteiger partial charge on any atom is -0.478 e. The van der Waals surface area contributed by atoms with Crippen LogP contribution in [0.4, 0.5) is 11.4 Å². The normalized spacial score (nSPS) is 11.6. The molecule has 0 fully saturated rings. The second-order valence-corrected chi connectivity index (χ2v) is 12.3. The first-order valence-electron chi connectivity index (χ1n) is 16.1. The van der Waals surface area contributed by atoms with Crippen LogP contribution in [0.5, 0.6) is 0 Å². The smallest absolute Gasteiger partial charge is 0.231 e. The summed E-state index contributed by atoms with van der Waals surface area (Å²) < 4.78 is 10.9. The summed E-state index contributed by atoms with van der Waals surface area (Å²) in [6.07, 6.45) is 0. The van der Waals surface area contributed by atoms with Crippen LogP contribution in [0.3, 0.4) is 0 Å². The fraction of sp³-hybridized carbons (Fsp3) is 0. The molecule has 0 unspecified atom stereocenters. The van der Waals surface area contributed by atoms with Crippen molar-refractivity contribution in [2.75, 3.05) is 0 Å². The van der Waals surface area contributed by atoms with Gasteiger partial charge in [0, 0.05) is 49.2 Å². The molecule has 0 aliphatic carbocycles. The molecule has 10 rings (SSSR count). The highest BCUT2D eigenvalue weighted by molar-refractivity contribution is 6.30. The quantitative estimate of drug-likeness (QED) is 0.180. The van der Waals surface area contributed by atoms with Crippen molar-refractivity contribution in [1.82, 2.24) is 9.13 Å². The molecule has 226 valence electrons. The Morgan fingerprint density at radius 3 is 1.53 bits per heavy atom. The van der Waals surface area contributed by atoms with Gasteiger partial charge in [0.1, 0.15) is 11.2 Å². The topological polar surface area (TPSA) is 31.7 Å². The Balaban J connectivity index is 1.21. The molecule has 10 aromatic rings. The van der Waals surface area contributed by atoms with Crippen molar-refractivity contribution in [2.45, 2.75) is 0 Å². The van der Waals surface area contributed by atoms with Gasteiger partial charge in [-0.2, -0.15) is 0 Å². The predicted molar refractivity (Wildman–Crippen MR) is 200 cm³/mol. The van der Waals surface area contributed by atoms with Crippen molar-refractivity contribution in [3.05, 3.63) is 168 Å². The number of fused-ring (bicyclic) bond motifs is 10. The second-order valence-electron chi connectivity index (χ2n) is 12.3. The van der Waals surface area contributed by atoms with E-state index in [1.54, 1.807) is 6.07 Å². The van der Waals surface area contributed by atoms with E-state index in [0.717, 1.165) is 55.1 Å². The summed E-state index contributed by atoms with van der Waals surface area (Å²) in [5.74, 6) is 0. The van der Waals surface area contributed by atoms with E-state index in [1.165, 1.54) is 21.8 Å². The van der Waals surface area contributed by atoms with Gasteiger partial charge < -0.3 is 13.6 Å². The molecule has 7 aromatic carbocycles. The number of nitrogens with zero attached hydrogens (tertiary/aromatic N) is 4. The Bertz CT molecular complexity index is 3030. The van der Waals surface area contributed by atoms with Crippen LogP contribution in [-0.2, 0) is 0 Å². The van der Waals surface area contributed by atoms with E-state index in [-0.39, 0.29) is 0 Å². The standard InChI is InChI=1S/C44H24N4O/c1-45-35-20-11-19-34-42-41-33-18-5-8-23-39(33)48(40(41)26-36(46-2)44(42)49-43(34)35)30-15-10-13-28(25-30)27-12-9-14-29(24-27)47-37-21-6-3-16-31(37)32-17-4-7-22-38(32)47/h3-26H. The fourth-order valence-corrected chi connectivity index (χ4v) is 7.69. The van der Waals surface area contributed by atoms with Gasteiger partial charge in [-0.1, -0.05) is 97.1 Å². The third kappa shape index (κ3) is 3.79. The number of rotatable bonds is 3. The summed E-state index contributed by atoms with van der Waals surface area (Å²) in [5.41, 5.74) is 10.5. The number of aromatic nitrogens is 2. The van der Waals surface area contributed by atoms with Crippen LogP contribution in [0, 0.1) is 13.1 Å². The molecule has 3 heterocycles. The first-order chi connectivity index (χ1) is 24.2. The largest absolute Gasteiger partial charge is 0.478 e. The minimum absolute atomic E-state index is 0.425. The Morgan fingerprint density at radius 1 is 0.408 bits per heavy atom. The van der Waals surface area contributed by atoms with Crippen LogP contribution in [0.15, 0.2) is 150 Å². The molecule has 0 radical (unpaired) electrons. The van der Waals surface area contributed by atoms with Crippen LogP contribution in [0.1, 0.15) is 0 Å². The van der Waals surface area contributed by atoms with Crippen molar-refractivity contribution in [3.8, 4) is 22.5 Å². The number of benzene rings is 7. The van der Waals surface area contributed by atoms with E-state index in [2.05, 4.69) is 128 Å². The van der Waals surface area contributed by atoms with Crippen LogP contribution < -0.4 is 0 Å². The predicted octanol–water partition coefficient (Wildman–Crippen LogP) is 12.5. The number of furan rings is 1. The van der Waals surface area contributed by atoms with E-state index in [0.29, 0.717) is 22.5 Å². The van der Waals surface area contributed by atoms with Gasteiger partial charge in [0.25, 0.3) is 0 Å². The zero-order valence-corrected chi connectivity index (χ0v) is 26.1. The van der Waals surface area contributed by atoms with Crippen molar-refractivity contribution in [3.63, 3.8) is 0 Å². The Hall–Kier alpha value is -7.08.